The van der Waals surface area contributed by atoms with E-state index in [1.54, 1.807) is 14.2 Å². The predicted octanol–water partition coefficient (Wildman–Crippen LogP) is 2.54. The summed E-state index contributed by atoms with van der Waals surface area (Å²) < 4.78 is 10.4. The number of hydrogen-bond donors (Lipinski definition) is 1. The van der Waals surface area contributed by atoms with Gasteiger partial charge in [-0.15, -0.1) is 0 Å². The lowest BCUT2D eigenvalue weighted by Gasteiger charge is -2.31. The molecular formula is C13H18O3. The Bertz CT molecular complexity index is 358. The molecule has 1 atom stereocenters. The van der Waals surface area contributed by atoms with Crippen LogP contribution in [-0.4, -0.2) is 19.3 Å². The third-order valence-corrected chi connectivity index (χ3v) is 3.36. The molecule has 0 amide bonds. The van der Waals surface area contributed by atoms with Crippen LogP contribution in [0.1, 0.15) is 30.9 Å². The molecule has 1 saturated carbocycles. The van der Waals surface area contributed by atoms with Crippen LogP contribution >= 0.6 is 0 Å². The van der Waals surface area contributed by atoms with Gasteiger partial charge in [-0.2, -0.15) is 0 Å². The van der Waals surface area contributed by atoms with Crippen LogP contribution in [0.2, 0.25) is 0 Å². The Morgan fingerprint density at radius 1 is 1.25 bits per heavy atom. The number of methoxy groups -OCH3 is 2. The van der Waals surface area contributed by atoms with Crippen molar-refractivity contribution in [2.24, 2.45) is 5.92 Å². The molecule has 0 radical (unpaired) electrons. The van der Waals surface area contributed by atoms with E-state index in [4.69, 9.17) is 9.47 Å². The molecular weight excluding hydrogens is 204 g/mol. The second-order valence-corrected chi connectivity index (χ2v) is 4.24. The molecule has 0 saturated heterocycles. The van der Waals surface area contributed by atoms with Crippen LogP contribution in [0, 0.1) is 5.92 Å². The number of ether oxygens (including phenoxy) is 2. The zero-order valence-electron chi connectivity index (χ0n) is 9.77. The predicted molar refractivity (Wildman–Crippen MR) is 61.8 cm³/mol. The molecule has 3 heteroatoms. The Kier molecular flexibility index (Phi) is 3.34. The average molecular weight is 222 g/mol. The molecule has 1 aliphatic carbocycles. The molecule has 1 aliphatic rings. The van der Waals surface area contributed by atoms with Crippen molar-refractivity contribution < 1.29 is 14.6 Å². The lowest BCUT2D eigenvalue weighted by Crippen LogP contribution is -2.20. The number of hydrogen-bond acceptors (Lipinski definition) is 3. The number of aliphatic hydroxyl groups is 1. The Morgan fingerprint density at radius 2 is 2.00 bits per heavy atom. The summed E-state index contributed by atoms with van der Waals surface area (Å²) in [6, 6.07) is 5.57. The first-order valence-electron chi connectivity index (χ1n) is 5.66. The summed E-state index contributed by atoms with van der Waals surface area (Å²) in [5, 5.41) is 10.2. The Hall–Kier alpha value is -1.22. The first-order valence-corrected chi connectivity index (χ1v) is 5.66. The molecule has 1 aromatic carbocycles. The van der Waals surface area contributed by atoms with Gasteiger partial charge in [-0.05, 0) is 30.9 Å². The summed E-state index contributed by atoms with van der Waals surface area (Å²) in [7, 11) is 3.24. The zero-order valence-corrected chi connectivity index (χ0v) is 9.77. The minimum absolute atomic E-state index is 0.391. The van der Waals surface area contributed by atoms with Crippen molar-refractivity contribution in [2.45, 2.75) is 25.4 Å². The van der Waals surface area contributed by atoms with E-state index in [-0.39, 0.29) is 0 Å². The van der Waals surface area contributed by atoms with Gasteiger partial charge < -0.3 is 14.6 Å². The lowest BCUT2D eigenvalue weighted by atomic mass is 9.78. The van der Waals surface area contributed by atoms with Crippen LogP contribution in [0.3, 0.4) is 0 Å². The largest absolute Gasteiger partial charge is 0.497 e. The van der Waals surface area contributed by atoms with Crippen molar-refractivity contribution in [3.63, 3.8) is 0 Å². The molecule has 0 heterocycles. The lowest BCUT2D eigenvalue weighted by molar-refractivity contribution is 0.0600. The highest BCUT2D eigenvalue weighted by atomic mass is 16.5. The zero-order chi connectivity index (χ0) is 11.5. The third-order valence-electron chi connectivity index (χ3n) is 3.36. The van der Waals surface area contributed by atoms with Crippen LogP contribution in [-0.2, 0) is 0 Å². The quantitative estimate of drug-likeness (QED) is 0.850. The van der Waals surface area contributed by atoms with Gasteiger partial charge in [-0.3, -0.25) is 0 Å². The second-order valence-electron chi connectivity index (χ2n) is 4.24. The van der Waals surface area contributed by atoms with Crippen molar-refractivity contribution in [1.82, 2.24) is 0 Å². The Balaban J connectivity index is 2.24. The molecule has 16 heavy (non-hydrogen) atoms. The first kappa shape index (κ1) is 11.3. The van der Waals surface area contributed by atoms with Crippen molar-refractivity contribution in [3.05, 3.63) is 23.8 Å². The maximum Gasteiger partial charge on any atom is 0.128 e. The van der Waals surface area contributed by atoms with E-state index >= 15 is 0 Å². The number of aliphatic hydroxyl groups excluding tert-OH is 1. The SMILES string of the molecule is COc1ccc(C(O)C2CCC2)c(OC)c1. The highest BCUT2D eigenvalue weighted by Crippen LogP contribution is 2.41. The summed E-state index contributed by atoms with van der Waals surface area (Å²) in [6.45, 7) is 0. The van der Waals surface area contributed by atoms with E-state index in [9.17, 15) is 5.11 Å². The Labute approximate surface area is 96.0 Å². The van der Waals surface area contributed by atoms with Gasteiger partial charge in [0.1, 0.15) is 11.5 Å². The standard InChI is InChI=1S/C13H18O3/c1-15-10-6-7-11(12(8-10)16-2)13(14)9-4-3-5-9/h6-9,13-14H,3-5H2,1-2H3. The van der Waals surface area contributed by atoms with E-state index < -0.39 is 6.10 Å². The average Bonchev–Trinajstić information content (AvgIpc) is 2.25. The van der Waals surface area contributed by atoms with Gasteiger partial charge in [0.25, 0.3) is 0 Å². The van der Waals surface area contributed by atoms with E-state index in [0.29, 0.717) is 11.7 Å². The van der Waals surface area contributed by atoms with Crippen molar-refractivity contribution in [2.75, 3.05) is 14.2 Å². The van der Waals surface area contributed by atoms with Crippen LogP contribution in [0.25, 0.3) is 0 Å². The maximum absolute atomic E-state index is 10.2. The molecule has 88 valence electrons. The second kappa shape index (κ2) is 4.74. The van der Waals surface area contributed by atoms with Gasteiger partial charge in [-0.25, -0.2) is 0 Å². The number of rotatable bonds is 4. The fraction of sp³-hybridized carbons (Fsp3) is 0.538. The highest BCUT2D eigenvalue weighted by molar-refractivity contribution is 5.42. The summed E-state index contributed by atoms with van der Waals surface area (Å²) in [5.41, 5.74) is 0.869. The van der Waals surface area contributed by atoms with Crippen LogP contribution in [0.4, 0.5) is 0 Å². The fourth-order valence-electron chi connectivity index (χ4n) is 2.07. The molecule has 2 rings (SSSR count). The molecule has 0 bridgehead atoms. The number of benzene rings is 1. The molecule has 0 aromatic heterocycles. The van der Waals surface area contributed by atoms with Gasteiger partial charge in [0.2, 0.25) is 0 Å². The van der Waals surface area contributed by atoms with Crippen molar-refractivity contribution in [1.29, 1.82) is 0 Å². The van der Waals surface area contributed by atoms with E-state index in [1.807, 2.05) is 18.2 Å². The normalized spacial score (nSPS) is 17.7. The van der Waals surface area contributed by atoms with Gasteiger partial charge in [-0.1, -0.05) is 6.42 Å². The van der Waals surface area contributed by atoms with Gasteiger partial charge in [0.05, 0.1) is 20.3 Å². The fourth-order valence-corrected chi connectivity index (χ4v) is 2.07. The van der Waals surface area contributed by atoms with E-state index in [1.165, 1.54) is 6.42 Å². The van der Waals surface area contributed by atoms with Gasteiger partial charge >= 0.3 is 0 Å². The Morgan fingerprint density at radius 3 is 2.50 bits per heavy atom. The highest BCUT2D eigenvalue weighted by Gasteiger charge is 2.28. The maximum atomic E-state index is 10.2. The van der Waals surface area contributed by atoms with Crippen LogP contribution < -0.4 is 9.47 Å². The summed E-state index contributed by atoms with van der Waals surface area (Å²) in [6.07, 6.45) is 3.03. The molecule has 1 aromatic rings. The first-order chi connectivity index (χ1) is 7.76. The molecule has 3 nitrogen and oxygen atoms in total. The summed E-state index contributed by atoms with van der Waals surface area (Å²) in [4.78, 5) is 0. The van der Waals surface area contributed by atoms with Gasteiger partial charge in [0, 0.05) is 11.6 Å². The van der Waals surface area contributed by atoms with Crippen LogP contribution in [0.5, 0.6) is 11.5 Å². The van der Waals surface area contributed by atoms with Gasteiger partial charge in [0.15, 0.2) is 0 Å². The minimum atomic E-state index is -0.408. The molecule has 1 fully saturated rings. The third kappa shape index (κ3) is 2.00. The van der Waals surface area contributed by atoms with Crippen molar-refractivity contribution in [3.8, 4) is 11.5 Å². The topological polar surface area (TPSA) is 38.7 Å². The van der Waals surface area contributed by atoms with E-state index in [2.05, 4.69) is 0 Å². The molecule has 0 aliphatic heterocycles. The summed E-state index contributed by atoms with van der Waals surface area (Å²) >= 11 is 0. The molecule has 0 spiro atoms. The van der Waals surface area contributed by atoms with Crippen molar-refractivity contribution >= 4 is 0 Å². The molecule has 1 unspecified atom stereocenters. The monoisotopic (exact) mass is 222 g/mol. The smallest absolute Gasteiger partial charge is 0.128 e. The minimum Gasteiger partial charge on any atom is -0.497 e. The molecule has 1 N–H and O–H groups in total. The van der Waals surface area contributed by atoms with Crippen LogP contribution in [0.15, 0.2) is 18.2 Å². The summed E-state index contributed by atoms with van der Waals surface area (Å²) in [5.74, 6) is 1.85. The van der Waals surface area contributed by atoms with E-state index in [0.717, 1.165) is 24.2 Å².